The summed E-state index contributed by atoms with van der Waals surface area (Å²) in [5.41, 5.74) is -0.0631. The van der Waals surface area contributed by atoms with Crippen LogP contribution in [0.2, 0.25) is 0 Å². The Hall–Kier alpha value is -0.780. The summed E-state index contributed by atoms with van der Waals surface area (Å²) >= 11 is 0. The van der Waals surface area contributed by atoms with Gasteiger partial charge in [-0.3, -0.25) is 0 Å². The molecule has 0 aliphatic heterocycles. The summed E-state index contributed by atoms with van der Waals surface area (Å²) in [6, 6.07) is 0. The molecule has 4 atom stereocenters. The Balaban J connectivity index is 2.17. The van der Waals surface area contributed by atoms with Gasteiger partial charge in [0.15, 0.2) is 0 Å². The first-order valence-corrected chi connectivity index (χ1v) is 7.10. The molecule has 0 bridgehead atoms. The standard InChI is InChI=1S/C16H22O2/c1-12-6-3-7-13-8-4-10-15(18-2)11-5-9-14(12)16(13,15)17/h9,12-13,17H,4-6,8,10-11H2,1-2H3/t12-,13-,15+,16+/m1/s1. The van der Waals surface area contributed by atoms with E-state index in [0.29, 0.717) is 5.92 Å². The zero-order chi connectivity index (χ0) is 12.8. The molecule has 1 N–H and O–H groups in total. The van der Waals surface area contributed by atoms with E-state index in [-0.39, 0.29) is 5.92 Å². The molecule has 3 aliphatic carbocycles. The molecule has 0 radical (unpaired) electrons. The maximum Gasteiger partial charge on any atom is 0.128 e. The minimum Gasteiger partial charge on any atom is -0.381 e. The Labute approximate surface area is 109 Å². The van der Waals surface area contributed by atoms with Crippen LogP contribution < -0.4 is 0 Å². The molecule has 3 rings (SSSR count). The van der Waals surface area contributed by atoms with Gasteiger partial charge >= 0.3 is 0 Å². The molecule has 0 saturated heterocycles. The molecule has 2 heteroatoms. The number of hydrogen-bond acceptors (Lipinski definition) is 2. The first-order chi connectivity index (χ1) is 8.64. The molecule has 0 aromatic rings. The minimum absolute atomic E-state index is 0.0581. The van der Waals surface area contributed by atoms with E-state index < -0.39 is 11.2 Å². The third-order valence-electron chi connectivity index (χ3n) is 5.23. The van der Waals surface area contributed by atoms with Crippen LogP contribution in [-0.2, 0) is 4.74 Å². The Morgan fingerprint density at radius 1 is 1.44 bits per heavy atom. The molecular formula is C16H22O2. The van der Waals surface area contributed by atoms with Crippen LogP contribution in [0.15, 0.2) is 11.6 Å². The van der Waals surface area contributed by atoms with Gasteiger partial charge in [-0.15, -0.1) is 5.92 Å². The highest BCUT2D eigenvalue weighted by molar-refractivity contribution is 5.38. The molecule has 0 amide bonds. The van der Waals surface area contributed by atoms with Crippen molar-refractivity contribution in [1.29, 1.82) is 0 Å². The lowest BCUT2D eigenvalue weighted by Crippen LogP contribution is -2.64. The molecule has 0 unspecified atom stereocenters. The summed E-state index contributed by atoms with van der Waals surface area (Å²) in [5.74, 6) is 7.00. The summed E-state index contributed by atoms with van der Waals surface area (Å²) in [6.07, 6.45) is 8.12. The van der Waals surface area contributed by atoms with E-state index in [1.165, 1.54) is 5.57 Å². The Morgan fingerprint density at radius 2 is 2.28 bits per heavy atom. The van der Waals surface area contributed by atoms with Crippen molar-refractivity contribution in [3.8, 4) is 11.8 Å². The first-order valence-electron chi connectivity index (χ1n) is 7.10. The molecule has 18 heavy (non-hydrogen) atoms. The Bertz CT molecular complexity index is 442. The Kier molecular flexibility index (Phi) is 2.80. The second-order valence-electron chi connectivity index (χ2n) is 6.03. The summed E-state index contributed by atoms with van der Waals surface area (Å²) in [4.78, 5) is 0. The fourth-order valence-corrected chi connectivity index (χ4v) is 4.26. The van der Waals surface area contributed by atoms with Crippen LogP contribution in [-0.4, -0.2) is 23.4 Å². The normalized spacial score (nSPS) is 46.3. The van der Waals surface area contributed by atoms with Gasteiger partial charge in [0.1, 0.15) is 11.2 Å². The molecule has 0 aromatic carbocycles. The Morgan fingerprint density at radius 3 is 3.06 bits per heavy atom. The van der Waals surface area contributed by atoms with Crippen LogP contribution in [0.5, 0.6) is 0 Å². The predicted octanol–water partition coefficient (Wildman–Crippen LogP) is 2.67. The van der Waals surface area contributed by atoms with Gasteiger partial charge in [-0.05, 0) is 43.6 Å². The van der Waals surface area contributed by atoms with E-state index in [1.54, 1.807) is 7.11 Å². The monoisotopic (exact) mass is 246 g/mol. The van der Waals surface area contributed by atoms with Gasteiger partial charge in [-0.2, -0.15) is 0 Å². The highest BCUT2D eigenvalue weighted by atomic mass is 16.5. The quantitative estimate of drug-likeness (QED) is 0.569. The van der Waals surface area contributed by atoms with E-state index in [0.717, 1.165) is 38.5 Å². The molecule has 98 valence electrons. The van der Waals surface area contributed by atoms with E-state index in [2.05, 4.69) is 24.8 Å². The molecule has 0 aromatic heterocycles. The third kappa shape index (κ3) is 1.38. The van der Waals surface area contributed by atoms with Crippen molar-refractivity contribution in [2.45, 2.75) is 56.7 Å². The maximum absolute atomic E-state index is 11.5. The lowest BCUT2D eigenvalue weighted by molar-refractivity contribution is -0.197. The van der Waals surface area contributed by atoms with E-state index in [4.69, 9.17) is 4.74 Å². The largest absolute Gasteiger partial charge is 0.381 e. The van der Waals surface area contributed by atoms with Crippen LogP contribution in [0.4, 0.5) is 0 Å². The summed E-state index contributed by atoms with van der Waals surface area (Å²) in [7, 11) is 1.76. The fraction of sp³-hybridized carbons (Fsp3) is 0.750. The summed E-state index contributed by atoms with van der Waals surface area (Å²) in [5, 5.41) is 11.5. The van der Waals surface area contributed by atoms with Crippen LogP contribution in [0.3, 0.4) is 0 Å². The zero-order valence-electron chi connectivity index (χ0n) is 11.3. The van der Waals surface area contributed by atoms with Crippen molar-refractivity contribution >= 4 is 0 Å². The van der Waals surface area contributed by atoms with Crippen molar-refractivity contribution in [3.05, 3.63) is 11.6 Å². The van der Waals surface area contributed by atoms with Gasteiger partial charge in [0.25, 0.3) is 0 Å². The van der Waals surface area contributed by atoms with E-state index in [9.17, 15) is 5.11 Å². The van der Waals surface area contributed by atoms with Crippen LogP contribution in [0.1, 0.15) is 45.4 Å². The van der Waals surface area contributed by atoms with Gasteiger partial charge in [0.05, 0.1) is 5.92 Å². The summed E-state index contributed by atoms with van der Waals surface area (Å²) in [6.45, 7) is 2.18. The average Bonchev–Trinajstić information content (AvgIpc) is 2.50. The topological polar surface area (TPSA) is 29.5 Å². The predicted molar refractivity (Wildman–Crippen MR) is 70.9 cm³/mol. The number of aliphatic hydroxyl groups is 1. The van der Waals surface area contributed by atoms with Crippen molar-refractivity contribution in [2.24, 2.45) is 11.8 Å². The van der Waals surface area contributed by atoms with Crippen molar-refractivity contribution in [2.75, 3.05) is 7.11 Å². The van der Waals surface area contributed by atoms with Crippen LogP contribution in [0, 0.1) is 23.7 Å². The van der Waals surface area contributed by atoms with Gasteiger partial charge in [-0.1, -0.05) is 18.9 Å². The van der Waals surface area contributed by atoms with Crippen LogP contribution >= 0.6 is 0 Å². The highest BCUT2D eigenvalue weighted by Crippen LogP contribution is 2.54. The fourth-order valence-electron chi connectivity index (χ4n) is 4.26. The minimum atomic E-state index is -0.846. The van der Waals surface area contributed by atoms with Gasteiger partial charge < -0.3 is 9.84 Å². The molecule has 2 nitrogen and oxygen atoms in total. The molecule has 1 fully saturated rings. The van der Waals surface area contributed by atoms with E-state index >= 15 is 0 Å². The molecule has 0 spiro atoms. The van der Waals surface area contributed by atoms with E-state index in [1.807, 2.05) is 0 Å². The van der Waals surface area contributed by atoms with Crippen molar-refractivity contribution in [1.82, 2.24) is 0 Å². The number of ether oxygens (including phenoxy) is 1. The number of hydrogen-bond donors (Lipinski definition) is 1. The SMILES string of the molecule is CO[C@]12CCC=C3[C@H](C)CC#C[C@H](CCC1)[C@]32O. The van der Waals surface area contributed by atoms with Gasteiger partial charge in [0, 0.05) is 13.5 Å². The van der Waals surface area contributed by atoms with Crippen LogP contribution in [0.25, 0.3) is 0 Å². The molecular weight excluding hydrogens is 224 g/mol. The lowest BCUT2D eigenvalue weighted by atomic mass is 9.57. The molecule has 3 aliphatic rings. The third-order valence-corrected chi connectivity index (χ3v) is 5.23. The van der Waals surface area contributed by atoms with Gasteiger partial charge in [-0.25, -0.2) is 0 Å². The van der Waals surface area contributed by atoms with Crippen molar-refractivity contribution in [3.63, 3.8) is 0 Å². The number of allylic oxidation sites excluding steroid dienone is 1. The highest BCUT2D eigenvalue weighted by Gasteiger charge is 2.60. The lowest BCUT2D eigenvalue weighted by Gasteiger charge is -2.56. The van der Waals surface area contributed by atoms with Gasteiger partial charge in [0.2, 0.25) is 0 Å². The second-order valence-corrected chi connectivity index (χ2v) is 6.03. The van der Waals surface area contributed by atoms with Crippen molar-refractivity contribution < 1.29 is 9.84 Å². The smallest absolute Gasteiger partial charge is 0.128 e. The molecule has 1 saturated carbocycles. The average molecular weight is 246 g/mol. The number of rotatable bonds is 1. The number of methoxy groups -OCH3 is 1. The molecule has 0 heterocycles. The first kappa shape index (κ1) is 12.3. The zero-order valence-corrected chi connectivity index (χ0v) is 11.3. The second kappa shape index (κ2) is 4.11. The maximum atomic E-state index is 11.5. The summed E-state index contributed by atoms with van der Waals surface area (Å²) < 4.78 is 5.87.